The van der Waals surface area contributed by atoms with Gasteiger partial charge in [0.25, 0.3) is 0 Å². The fraction of sp³-hybridized carbons (Fsp3) is 0.667. The number of methoxy groups -OCH3 is 2. The number of likely N-dealkylation sites (tertiary alicyclic amines) is 1. The summed E-state index contributed by atoms with van der Waals surface area (Å²) in [5.74, 6) is 1.54. The number of nitrogens with one attached hydrogen (secondary N) is 1. The Bertz CT molecular complexity index is 503. The highest BCUT2D eigenvalue weighted by Gasteiger charge is 2.27. The second-order valence-corrected chi connectivity index (χ2v) is 6.39. The van der Waals surface area contributed by atoms with E-state index in [9.17, 15) is 0 Å². The lowest BCUT2D eigenvalue weighted by Crippen LogP contribution is -2.48. The highest BCUT2D eigenvalue weighted by Crippen LogP contribution is 2.31. The van der Waals surface area contributed by atoms with Crippen LogP contribution in [0.2, 0.25) is 0 Å². The maximum absolute atomic E-state index is 5.49. The van der Waals surface area contributed by atoms with Crippen LogP contribution in [0, 0.1) is 0 Å². The van der Waals surface area contributed by atoms with Crippen molar-refractivity contribution < 1.29 is 14.2 Å². The summed E-state index contributed by atoms with van der Waals surface area (Å²) in [6.07, 6.45) is 4.81. The van der Waals surface area contributed by atoms with Crippen LogP contribution in [0.15, 0.2) is 18.2 Å². The molecule has 2 aliphatic heterocycles. The second-order valence-electron chi connectivity index (χ2n) is 6.39. The van der Waals surface area contributed by atoms with E-state index < -0.39 is 0 Å². The molecule has 0 aromatic heterocycles. The van der Waals surface area contributed by atoms with Crippen molar-refractivity contribution in [1.29, 1.82) is 0 Å². The summed E-state index contributed by atoms with van der Waals surface area (Å²) < 4.78 is 16.2. The molecule has 0 radical (unpaired) electrons. The van der Waals surface area contributed by atoms with Crippen molar-refractivity contribution in [3.63, 3.8) is 0 Å². The minimum atomic E-state index is 0.490. The molecule has 128 valence electrons. The topological polar surface area (TPSA) is 43.0 Å². The van der Waals surface area contributed by atoms with Gasteiger partial charge in [-0.25, -0.2) is 0 Å². The highest BCUT2D eigenvalue weighted by atomic mass is 16.5. The van der Waals surface area contributed by atoms with Gasteiger partial charge in [-0.2, -0.15) is 0 Å². The summed E-state index contributed by atoms with van der Waals surface area (Å²) in [4.78, 5) is 2.64. The molecular formula is C18H28N2O3. The average molecular weight is 320 g/mol. The number of hydrogen-bond donors (Lipinski definition) is 1. The molecule has 0 amide bonds. The summed E-state index contributed by atoms with van der Waals surface area (Å²) >= 11 is 0. The van der Waals surface area contributed by atoms with E-state index >= 15 is 0 Å². The van der Waals surface area contributed by atoms with Crippen LogP contribution in [0.5, 0.6) is 11.5 Å². The zero-order valence-electron chi connectivity index (χ0n) is 14.2. The van der Waals surface area contributed by atoms with Crippen molar-refractivity contribution in [2.45, 2.75) is 37.8 Å². The Morgan fingerprint density at radius 2 is 1.87 bits per heavy atom. The fourth-order valence-electron chi connectivity index (χ4n) is 3.67. The number of ether oxygens (including phenoxy) is 3. The van der Waals surface area contributed by atoms with Crippen molar-refractivity contribution in [3.05, 3.63) is 18.2 Å². The Labute approximate surface area is 138 Å². The van der Waals surface area contributed by atoms with Crippen molar-refractivity contribution in [3.8, 4) is 11.5 Å². The lowest BCUT2D eigenvalue weighted by Gasteiger charge is -2.40. The van der Waals surface area contributed by atoms with E-state index in [1.807, 2.05) is 12.1 Å². The lowest BCUT2D eigenvalue weighted by molar-refractivity contribution is 0.0256. The standard InChI is InChI=1S/C18H28N2O3/c1-21-17-6-5-14(12-18(17)22-2)19-15-4-3-9-20(13-15)16-7-10-23-11-8-16/h5-6,12,15-16,19H,3-4,7-11,13H2,1-2H3. The molecule has 1 atom stereocenters. The van der Waals surface area contributed by atoms with Crippen LogP contribution in [0.25, 0.3) is 0 Å². The Hall–Kier alpha value is -1.46. The van der Waals surface area contributed by atoms with Crippen LogP contribution in [0.4, 0.5) is 5.69 Å². The van der Waals surface area contributed by atoms with Crippen LogP contribution in [0.1, 0.15) is 25.7 Å². The molecular weight excluding hydrogens is 292 g/mol. The number of rotatable bonds is 5. The minimum Gasteiger partial charge on any atom is -0.493 e. The van der Waals surface area contributed by atoms with E-state index in [1.165, 1.54) is 32.2 Å². The average Bonchev–Trinajstić information content (AvgIpc) is 2.62. The maximum atomic E-state index is 5.49. The molecule has 1 N–H and O–H groups in total. The number of nitrogens with zero attached hydrogens (tertiary/aromatic N) is 1. The number of anilines is 1. The summed E-state index contributed by atoms with van der Waals surface area (Å²) in [5.41, 5.74) is 1.10. The monoisotopic (exact) mass is 320 g/mol. The Balaban J connectivity index is 1.60. The maximum Gasteiger partial charge on any atom is 0.162 e. The number of piperidine rings is 1. The molecule has 5 nitrogen and oxygen atoms in total. The van der Waals surface area contributed by atoms with E-state index in [-0.39, 0.29) is 0 Å². The summed E-state index contributed by atoms with van der Waals surface area (Å²) in [7, 11) is 3.34. The van der Waals surface area contributed by atoms with Crippen LogP contribution in [-0.4, -0.2) is 57.5 Å². The molecule has 0 aliphatic carbocycles. The van der Waals surface area contributed by atoms with Crippen molar-refractivity contribution >= 4 is 5.69 Å². The first kappa shape index (κ1) is 16.4. The summed E-state index contributed by atoms with van der Waals surface area (Å²) in [6.45, 7) is 4.15. The molecule has 2 fully saturated rings. The van der Waals surface area contributed by atoms with Crippen LogP contribution >= 0.6 is 0 Å². The van der Waals surface area contributed by atoms with E-state index in [0.29, 0.717) is 12.1 Å². The Kier molecular flexibility index (Phi) is 5.62. The minimum absolute atomic E-state index is 0.490. The first-order valence-corrected chi connectivity index (χ1v) is 8.60. The van der Waals surface area contributed by atoms with Gasteiger partial charge in [0.15, 0.2) is 11.5 Å². The van der Waals surface area contributed by atoms with Gasteiger partial charge < -0.3 is 19.5 Å². The first-order valence-electron chi connectivity index (χ1n) is 8.60. The van der Waals surface area contributed by atoms with Gasteiger partial charge in [0.1, 0.15) is 0 Å². The molecule has 0 bridgehead atoms. The highest BCUT2D eigenvalue weighted by molar-refractivity contribution is 5.55. The van der Waals surface area contributed by atoms with E-state index in [1.54, 1.807) is 14.2 Å². The van der Waals surface area contributed by atoms with Crippen LogP contribution < -0.4 is 14.8 Å². The normalized spacial score (nSPS) is 23.5. The fourth-order valence-corrected chi connectivity index (χ4v) is 3.67. The zero-order chi connectivity index (χ0) is 16.1. The molecule has 1 unspecified atom stereocenters. The van der Waals surface area contributed by atoms with Crippen LogP contribution in [-0.2, 0) is 4.74 Å². The quantitative estimate of drug-likeness (QED) is 0.904. The van der Waals surface area contributed by atoms with Gasteiger partial charge in [0, 0.05) is 43.6 Å². The molecule has 0 spiro atoms. The van der Waals surface area contributed by atoms with E-state index in [4.69, 9.17) is 14.2 Å². The van der Waals surface area contributed by atoms with Gasteiger partial charge in [-0.05, 0) is 44.4 Å². The van der Waals surface area contributed by atoms with Crippen LogP contribution in [0.3, 0.4) is 0 Å². The molecule has 3 rings (SSSR count). The molecule has 2 aliphatic rings. The molecule has 1 aromatic rings. The predicted octanol–water partition coefficient (Wildman–Crippen LogP) is 2.76. The lowest BCUT2D eigenvalue weighted by atomic mass is 9.99. The van der Waals surface area contributed by atoms with Crippen molar-refractivity contribution in [2.24, 2.45) is 0 Å². The molecule has 0 saturated carbocycles. The van der Waals surface area contributed by atoms with Gasteiger partial charge >= 0.3 is 0 Å². The molecule has 2 heterocycles. The van der Waals surface area contributed by atoms with Crippen molar-refractivity contribution in [1.82, 2.24) is 4.90 Å². The van der Waals surface area contributed by atoms with E-state index in [0.717, 1.165) is 36.9 Å². The third kappa shape index (κ3) is 4.09. The summed E-state index contributed by atoms with van der Waals surface area (Å²) in [6, 6.07) is 7.23. The van der Waals surface area contributed by atoms with Crippen molar-refractivity contribution in [2.75, 3.05) is 45.8 Å². The zero-order valence-corrected chi connectivity index (χ0v) is 14.2. The SMILES string of the molecule is COc1ccc(NC2CCCN(C3CCOCC3)C2)cc1OC. The van der Waals surface area contributed by atoms with Gasteiger partial charge in [0.05, 0.1) is 14.2 Å². The van der Waals surface area contributed by atoms with Gasteiger partial charge in [0.2, 0.25) is 0 Å². The molecule has 5 heteroatoms. The molecule has 2 saturated heterocycles. The Morgan fingerprint density at radius 3 is 2.61 bits per heavy atom. The van der Waals surface area contributed by atoms with E-state index in [2.05, 4.69) is 16.3 Å². The number of hydrogen-bond acceptors (Lipinski definition) is 5. The smallest absolute Gasteiger partial charge is 0.162 e. The summed E-state index contributed by atoms with van der Waals surface area (Å²) in [5, 5.41) is 3.67. The molecule has 23 heavy (non-hydrogen) atoms. The largest absolute Gasteiger partial charge is 0.493 e. The first-order chi connectivity index (χ1) is 11.3. The number of benzene rings is 1. The predicted molar refractivity (Wildman–Crippen MR) is 91.6 cm³/mol. The van der Waals surface area contributed by atoms with Gasteiger partial charge in [-0.1, -0.05) is 0 Å². The third-order valence-electron chi connectivity index (χ3n) is 4.91. The van der Waals surface area contributed by atoms with Gasteiger partial charge in [-0.15, -0.1) is 0 Å². The molecule has 1 aromatic carbocycles. The Morgan fingerprint density at radius 1 is 1.09 bits per heavy atom. The van der Waals surface area contributed by atoms with Gasteiger partial charge in [-0.3, -0.25) is 4.90 Å². The second kappa shape index (κ2) is 7.88. The third-order valence-corrected chi connectivity index (χ3v) is 4.91.